The second-order valence-electron chi connectivity index (χ2n) is 7.72. The maximum Gasteiger partial charge on any atom is 0.254 e. The molecule has 0 aliphatic carbocycles. The van der Waals surface area contributed by atoms with E-state index in [1.807, 2.05) is 54.6 Å². The third-order valence-electron chi connectivity index (χ3n) is 5.26. The van der Waals surface area contributed by atoms with Crippen molar-refractivity contribution in [2.75, 3.05) is 7.05 Å². The van der Waals surface area contributed by atoms with Gasteiger partial charge in [-0.15, -0.1) is 0 Å². The summed E-state index contributed by atoms with van der Waals surface area (Å²) < 4.78 is 0. The van der Waals surface area contributed by atoms with Gasteiger partial charge in [0.25, 0.3) is 5.91 Å². The smallest absolute Gasteiger partial charge is 0.254 e. The monoisotopic (exact) mass is 432 g/mol. The van der Waals surface area contributed by atoms with Crippen LogP contribution in [0.15, 0.2) is 60.8 Å². The second-order valence-corrected chi connectivity index (χ2v) is 8.12. The maximum absolute atomic E-state index is 13.2. The topological polar surface area (TPSA) is 61.9 Å². The van der Waals surface area contributed by atoms with Crippen LogP contribution in [0.25, 0.3) is 11.0 Å². The van der Waals surface area contributed by atoms with Crippen molar-refractivity contribution in [1.29, 1.82) is 0 Å². The molecule has 6 heteroatoms. The highest BCUT2D eigenvalue weighted by Gasteiger charge is 2.18. The molecule has 0 spiro atoms. The first-order valence-corrected chi connectivity index (χ1v) is 10.8. The van der Waals surface area contributed by atoms with Crippen LogP contribution >= 0.6 is 11.6 Å². The number of carbonyl (C=O) groups excluding carboxylic acids is 1. The predicted molar refractivity (Wildman–Crippen MR) is 124 cm³/mol. The summed E-state index contributed by atoms with van der Waals surface area (Å²) in [4.78, 5) is 27.4. The molecule has 1 amide bonds. The van der Waals surface area contributed by atoms with E-state index in [-0.39, 0.29) is 5.91 Å². The number of carbonyl (C=O) groups is 1. The standard InChI is InChI=1S/C25H25ClN4O/c1-3-8-23-28-22-15-19(25(31)30(2)16-20-10-6-7-12-27-20)14-18(24(22)29-23)13-17-9-4-5-11-21(17)26/h4-7,9-12,14-15H,3,8,13,16H2,1-2H3,(H,28,29). The number of fused-ring (bicyclic) bond motifs is 1. The first kappa shape index (κ1) is 21.1. The Labute approximate surface area is 187 Å². The van der Waals surface area contributed by atoms with E-state index in [1.165, 1.54) is 0 Å². The number of benzene rings is 2. The minimum Gasteiger partial charge on any atom is -0.342 e. The van der Waals surface area contributed by atoms with Crippen LogP contribution in [0, 0.1) is 0 Å². The van der Waals surface area contributed by atoms with Crippen molar-refractivity contribution >= 4 is 28.5 Å². The van der Waals surface area contributed by atoms with Gasteiger partial charge in [0.2, 0.25) is 0 Å². The fourth-order valence-electron chi connectivity index (χ4n) is 3.73. The number of nitrogens with zero attached hydrogens (tertiary/aromatic N) is 3. The molecule has 0 fully saturated rings. The first-order valence-electron chi connectivity index (χ1n) is 10.5. The summed E-state index contributed by atoms with van der Waals surface area (Å²) in [6, 6.07) is 17.3. The van der Waals surface area contributed by atoms with Gasteiger partial charge in [-0.1, -0.05) is 42.8 Å². The van der Waals surface area contributed by atoms with E-state index in [0.717, 1.165) is 46.5 Å². The van der Waals surface area contributed by atoms with Crippen molar-refractivity contribution in [3.63, 3.8) is 0 Å². The van der Waals surface area contributed by atoms with Crippen LogP contribution in [-0.2, 0) is 19.4 Å². The number of aromatic nitrogens is 3. The molecular weight excluding hydrogens is 408 g/mol. The lowest BCUT2D eigenvalue weighted by atomic mass is 10.0. The van der Waals surface area contributed by atoms with Gasteiger partial charge in [0.1, 0.15) is 5.82 Å². The van der Waals surface area contributed by atoms with E-state index >= 15 is 0 Å². The number of hydrogen-bond acceptors (Lipinski definition) is 3. The molecule has 31 heavy (non-hydrogen) atoms. The largest absolute Gasteiger partial charge is 0.342 e. The Morgan fingerprint density at radius 1 is 1.10 bits per heavy atom. The molecule has 0 aliphatic heterocycles. The van der Waals surface area contributed by atoms with Gasteiger partial charge in [-0.05, 0) is 47.9 Å². The molecule has 5 nitrogen and oxygen atoms in total. The van der Waals surface area contributed by atoms with Gasteiger partial charge in [-0.25, -0.2) is 4.98 Å². The lowest BCUT2D eigenvalue weighted by Crippen LogP contribution is -2.26. The normalized spacial score (nSPS) is 11.1. The number of rotatable bonds is 7. The van der Waals surface area contributed by atoms with Gasteiger partial charge in [0, 0.05) is 36.7 Å². The molecule has 2 aromatic heterocycles. The van der Waals surface area contributed by atoms with E-state index in [9.17, 15) is 4.79 Å². The Bertz CT molecular complexity index is 1200. The molecule has 0 atom stereocenters. The van der Waals surface area contributed by atoms with Gasteiger partial charge >= 0.3 is 0 Å². The average molecular weight is 433 g/mol. The van der Waals surface area contributed by atoms with Crippen LogP contribution in [0.3, 0.4) is 0 Å². The van der Waals surface area contributed by atoms with Gasteiger partial charge in [0.05, 0.1) is 23.3 Å². The van der Waals surface area contributed by atoms with Gasteiger partial charge < -0.3 is 9.88 Å². The predicted octanol–water partition coefficient (Wildman–Crippen LogP) is 5.43. The third kappa shape index (κ3) is 4.78. The van der Waals surface area contributed by atoms with Gasteiger partial charge in [-0.2, -0.15) is 0 Å². The van der Waals surface area contributed by atoms with E-state index in [2.05, 4.69) is 16.9 Å². The number of aromatic amines is 1. The molecule has 2 aromatic carbocycles. The maximum atomic E-state index is 13.2. The summed E-state index contributed by atoms with van der Waals surface area (Å²) in [5.41, 5.74) is 5.24. The van der Waals surface area contributed by atoms with Crippen molar-refractivity contribution < 1.29 is 4.79 Å². The van der Waals surface area contributed by atoms with Crippen molar-refractivity contribution in [2.45, 2.75) is 32.7 Å². The second kappa shape index (κ2) is 9.31. The molecule has 0 aliphatic rings. The number of amides is 1. The van der Waals surface area contributed by atoms with Crippen molar-refractivity contribution in [2.24, 2.45) is 0 Å². The molecule has 0 bridgehead atoms. The summed E-state index contributed by atoms with van der Waals surface area (Å²) in [6.45, 7) is 2.57. The number of aryl methyl sites for hydroxylation is 1. The molecule has 0 unspecified atom stereocenters. The molecule has 2 heterocycles. The SMILES string of the molecule is CCCc1nc2c(Cc3ccccc3Cl)cc(C(=O)N(C)Cc3ccccn3)cc2[nH]1. The molecule has 0 radical (unpaired) electrons. The zero-order valence-corrected chi connectivity index (χ0v) is 18.5. The minimum absolute atomic E-state index is 0.0559. The van der Waals surface area contributed by atoms with Crippen LogP contribution in [0.5, 0.6) is 0 Å². The highest BCUT2D eigenvalue weighted by atomic mass is 35.5. The fourth-order valence-corrected chi connectivity index (χ4v) is 3.93. The third-order valence-corrected chi connectivity index (χ3v) is 5.63. The number of halogens is 1. The Morgan fingerprint density at radius 3 is 2.65 bits per heavy atom. The van der Waals surface area contributed by atoms with Gasteiger partial charge in [-0.3, -0.25) is 9.78 Å². The van der Waals surface area contributed by atoms with Crippen LogP contribution in [0.1, 0.15) is 46.3 Å². The summed E-state index contributed by atoms with van der Waals surface area (Å²) in [6.07, 6.45) is 4.21. The first-order chi connectivity index (χ1) is 15.0. The highest BCUT2D eigenvalue weighted by Crippen LogP contribution is 2.26. The number of pyridine rings is 1. The zero-order valence-electron chi connectivity index (χ0n) is 17.7. The summed E-state index contributed by atoms with van der Waals surface area (Å²) in [7, 11) is 1.80. The quantitative estimate of drug-likeness (QED) is 0.423. The molecule has 0 saturated carbocycles. The Balaban J connectivity index is 1.71. The van der Waals surface area contributed by atoms with E-state index < -0.39 is 0 Å². The van der Waals surface area contributed by atoms with E-state index in [0.29, 0.717) is 23.6 Å². The Kier molecular flexibility index (Phi) is 6.33. The van der Waals surface area contributed by atoms with Crippen LogP contribution < -0.4 is 0 Å². The fraction of sp³-hybridized carbons (Fsp3) is 0.240. The number of H-pyrrole nitrogens is 1. The molecule has 4 aromatic rings. The number of imidazole rings is 1. The van der Waals surface area contributed by atoms with Gasteiger partial charge in [0.15, 0.2) is 0 Å². The molecule has 1 N–H and O–H groups in total. The summed E-state index contributed by atoms with van der Waals surface area (Å²) in [5, 5.41) is 0.712. The van der Waals surface area contributed by atoms with Crippen molar-refractivity contribution in [3.8, 4) is 0 Å². The van der Waals surface area contributed by atoms with Crippen LogP contribution in [0.4, 0.5) is 0 Å². The lowest BCUT2D eigenvalue weighted by Gasteiger charge is -2.17. The zero-order chi connectivity index (χ0) is 21.8. The Hall–Kier alpha value is -3.18. The Morgan fingerprint density at radius 2 is 1.90 bits per heavy atom. The number of hydrogen-bond donors (Lipinski definition) is 1. The van der Waals surface area contributed by atoms with E-state index in [1.54, 1.807) is 18.1 Å². The molecule has 0 saturated heterocycles. The van der Waals surface area contributed by atoms with Crippen molar-refractivity contribution in [3.05, 3.63) is 94.0 Å². The number of nitrogens with one attached hydrogen (secondary N) is 1. The molecule has 158 valence electrons. The van der Waals surface area contributed by atoms with E-state index in [4.69, 9.17) is 16.6 Å². The highest BCUT2D eigenvalue weighted by molar-refractivity contribution is 6.31. The molecule has 4 rings (SSSR count). The minimum atomic E-state index is -0.0559. The molecular formula is C25H25ClN4O. The average Bonchev–Trinajstić information content (AvgIpc) is 3.18. The lowest BCUT2D eigenvalue weighted by molar-refractivity contribution is 0.0783. The van der Waals surface area contributed by atoms with Crippen LogP contribution in [-0.4, -0.2) is 32.8 Å². The summed E-state index contributed by atoms with van der Waals surface area (Å²) >= 11 is 6.41. The summed E-state index contributed by atoms with van der Waals surface area (Å²) in [5.74, 6) is 0.879. The van der Waals surface area contributed by atoms with Crippen LogP contribution in [0.2, 0.25) is 5.02 Å². The van der Waals surface area contributed by atoms with Crippen molar-refractivity contribution in [1.82, 2.24) is 19.9 Å².